The second-order valence-electron chi connectivity index (χ2n) is 6.26. The van der Waals surface area contributed by atoms with Crippen LogP contribution in [0.1, 0.15) is 57.9 Å². The summed E-state index contributed by atoms with van der Waals surface area (Å²) < 4.78 is 5.64. The Bertz CT molecular complexity index is 594. The first kappa shape index (κ1) is 16.4. The molecule has 4 nitrogen and oxygen atoms in total. The van der Waals surface area contributed by atoms with Crippen LogP contribution in [0.15, 0.2) is 35.6 Å². The van der Waals surface area contributed by atoms with Crippen LogP contribution < -0.4 is 5.73 Å². The molecule has 2 rings (SSSR count). The van der Waals surface area contributed by atoms with E-state index in [0.717, 1.165) is 18.4 Å². The van der Waals surface area contributed by atoms with Crippen molar-refractivity contribution in [2.75, 3.05) is 5.73 Å². The summed E-state index contributed by atoms with van der Waals surface area (Å²) in [6.07, 6.45) is 2.72. The highest BCUT2D eigenvalue weighted by Crippen LogP contribution is 2.39. The number of hydrogen-bond acceptors (Lipinski definition) is 4. The van der Waals surface area contributed by atoms with E-state index in [1.807, 2.05) is 45.0 Å². The van der Waals surface area contributed by atoms with Gasteiger partial charge in [0.25, 0.3) is 0 Å². The maximum absolute atomic E-state index is 12.5. The van der Waals surface area contributed by atoms with Gasteiger partial charge in [0, 0.05) is 18.0 Å². The van der Waals surface area contributed by atoms with Crippen molar-refractivity contribution >= 4 is 11.7 Å². The molecule has 0 amide bonds. The Labute approximate surface area is 132 Å². The van der Waals surface area contributed by atoms with E-state index in [4.69, 9.17) is 10.5 Å². The third kappa shape index (κ3) is 3.26. The normalized spacial score (nSPS) is 23.3. The van der Waals surface area contributed by atoms with Crippen LogP contribution in [0.3, 0.4) is 0 Å². The van der Waals surface area contributed by atoms with E-state index in [1.165, 1.54) is 0 Å². The fourth-order valence-corrected chi connectivity index (χ4v) is 3.28. The van der Waals surface area contributed by atoms with E-state index in [1.54, 1.807) is 0 Å². The number of ether oxygens (including phenoxy) is 1. The SMILES string of the molecule is CCCC1(C)CC(O)=C(C(CC)c2cccc(N)c2)C(=O)O1. The predicted molar refractivity (Wildman–Crippen MR) is 87.6 cm³/mol. The maximum Gasteiger partial charge on any atom is 0.338 e. The van der Waals surface area contributed by atoms with Crippen LogP contribution in [0.2, 0.25) is 0 Å². The Hall–Kier alpha value is -1.97. The number of nitrogens with two attached hydrogens (primary N) is 1. The van der Waals surface area contributed by atoms with Crippen molar-refractivity contribution in [3.8, 4) is 0 Å². The molecule has 22 heavy (non-hydrogen) atoms. The topological polar surface area (TPSA) is 72.5 Å². The number of hydrogen-bond donors (Lipinski definition) is 2. The lowest BCUT2D eigenvalue weighted by atomic mass is 9.83. The Morgan fingerprint density at radius 3 is 2.68 bits per heavy atom. The number of rotatable bonds is 5. The lowest BCUT2D eigenvalue weighted by molar-refractivity contribution is -0.158. The summed E-state index contributed by atoms with van der Waals surface area (Å²) >= 11 is 0. The van der Waals surface area contributed by atoms with Gasteiger partial charge in [-0.2, -0.15) is 0 Å². The first-order valence-electron chi connectivity index (χ1n) is 7.91. The van der Waals surface area contributed by atoms with Crippen molar-refractivity contribution in [2.24, 2.45) is 0 Å². The van der Waals surface area contributed by atoms with E-state index in [0.29, 0.717) is 24.1 Å². The monoisotopic (exact) mass is 303 g/mol. The molecule has 1 aliphatic heterocycles. The highest BCUT2D eigenvalue weighted by molar-refractivity contribution is 5.92. The van der Waals surface area contributed by atoms with Crippen LogP contribution in [0.4, 0.5) is 5.69 Å². The molecule has 120 valence electrons. The average Bonchev–Trinajstić information content (AvgIpc) is 2.42. The number of benzene rings is 1. The fraction of sp³-hybridized carbons (Fsp3) is 0.500. The summed E-state index contributed by atoms with van der Waals surface area (Å²) in [5, 5.41) is 10.5. The van der Waals surface area contributed by atoms with Gasteiger partial charge < -0.3 is 15.6 Å². The van der Waals surface area contributed by atoms with Crippen LogP contribution in [0, 0.1) is 0 Å². The van der Waals surface area contributed by atoms with Gasteiger partial charge in [-0.15, -0.1) is 0 Å². The van der Waals surface area contributed by atoms with Gasteiger partial charge in [0.1, 0.15) is 11.4 Å². The van der Waals surface area contributed by atoms with Gasteiger partial charge in [0.15, 0.2) is 0 Å². The standard InChI is InChI=1S/C18H25NO3/c1-4-9-18(3)11-15(20)16(17(21)22-18)14(5-2)12-7-6-8-13(19)10-12/h6-8,10,14,20H,4-5,9,11,19H2,1-3H3. The summed E-state index contributed by atoms with van der Waals surface area (Å²) in [7, 11) is 0. The minimum Gasteiger partial charge on any atom is -0.512 e. The molecule has 0 saturated carbocycles. The highest BCUT2D eigenvalue weighted by Gasteiger charge is 2.40. The summed E-state index contributed by atoms with van der Waals surface area (Å²) in [4.78, 5) is 12.5. The van der Waals surface area contributed by atoms with Crippen molar-refractivity contribution < 1.29 is 14.6 Å². The van der Waals surface area contributed by atoms with Crippen LogP contribution in [0.5, 0.6) is 0 Å². The number of carbonyl (C=O) groups is 1. The van der Waals surface area contributed by atoms with Crippen molar-refractivity contribution in [1.29, 1.82) is 0 Å². The quantitative estimate of drug-likeness (QED) is 0.635. The molecule has 0 aromatic heterocycles. The largest absolute Gasteiger partial charge is 0.512 e. The molecular weight excluding hydrogens is 278 g/mol. The Kier molecular flexibility index (Phi) is 4.79. The molecule has 0 saturated heterocycles. The maximum atomic E-state index is 12.5. The third-order valence-corrected chi connectivity index (χ3v) is 4.26. The third-order valence-electron chi connectivity index (χ3n) is 4.26. The van der Waals surface area contributed by atoms with Gasteiger partial charge in [0.05, 0.1) is 5.57 Å². The zero-order valence-electron chi connectivity index (χ0n) is 13.6. The van der Waals surface area contributed by atoms with Gasteiger partial charge in [-0.25, -0.2) is 4.79 Å². The van der Waals surface area contributed by atoms with Crippen LogP contribution in [-0.4, -0.2) is 16.7 Å². The smallest absolute Gasteiger partial charge is 0.338 e. The minimum atomic E-state index is -0.604. The molecule has 1 aromatic carbocycles. The summed E-state index contributed by atoms with van der Waals surface area (Å²) in [5.74, 6) is -0.447. The number of carbonyl (C=O) groups excluding carboxylic acids is 1. The second-order valence-corrected chi connectivity index (χ2v) is 6.26. The van der Waals surface area contributed by atoms with Gasteiger partial charge in [-0.1, -0.05) is 32.4 Å². The van der Waals surface area contributed by atoms with Crippen LogP contribution >= 0.6 is 0 Å². The molecule has 0 aliphatic carbocycles. The number of aliphatic hydroxyl groups excluding tert-OH is 1. The van der Waals surface area contributed by atoms with Crippen LogP contribution in [0.25, 0.3) is 0 Å². The number of aliphatic hydroxyl groups is 1. The van der Waals surface area contributed by atoms with Gasteiger partial charge >= 0.3 is 5.97 Å². The van der Waals surface area contributed by atoms with E-state index in [9.17, 15) is 9.90 Å². The van der Waals surface area contributed by atoms with E-state index < -0.39 is 11.6 Å². The second kappa shape index (κ2) is 6.42. The van der Waals surface area contributed by atoms with Crippen molar-refractivity contribution in [3.05, 3.63) is 41.2 Å². The molecule has 1 heterocycles. The summed E-state index contributed by atoms with van der Waals surface area (Å²) in [6.45, 7) is 5.90. The zero-order chi connectivity index (χ0) is 16.3. The zero-order valence-corrected chi connectivity index (χ0v) is 13.6. The molecule has 0 radical (unpaired) electrons. The van der Waals surface area contributed by atoms with E-state index in [-0.39, 0.29) is 11.7 Å². The van der Waals surface area contributed by atoms with Crippen LogP contribution in [-0.2, 0) is 9.53 Å². The number of nitrogen functional groups attached to an aromatic ring is 1. The van der Waals surface area contributed by atoms with E-state index >= 15 is 0 Å². The first-order valence-corrected chi connectivity index (χ1v) is 7.91. The van der Waals surface area contributed by atoms with Crippen molar-refractivity contribution in [2.45, 2.75) is 58.0 Å². The van der Waals surface area contributed by atoms with E-state index in [2.05, 4.69) is 0 Å². The Morgan fingerprint density at radius 1 is 1.41 bits per heavy atom. The number of cyclic esters (lactones) is 1. The molecule has 0 spiro atoms. The number of esters is 1. The van der Waals surface area contributed by atoms with Gasteiger partial charge in [-0.3, -0.25) is 0 Å². The highest BCUT2D eigenvalue weighted by atomic mass is 16.6. The summed E-state index contributed by atoms with van der Waals surface area (Å²) in [6, 6.07) is 7.45. The molecular formula is C18H25NO3. The number of anilines is 1. The molecule has 0 bridgehead atoms. The first-order chi connectivity index (χ1) is 10.4. The van der Waals surface area contributed by atoms with Gasteiger partial charge in [-0.05, 0) is 37.5 Å². The lowest BCUT2D eigenvalue weighted by Crippen LogP contribution is -2.38. The minimum absolute atomic E-state index is 0.154. The summed E-state index contributed by atoms with van der Waals surface area (Å²) in [5.41, 5.74) is 7.19. The van der Waals surface area contributed by atoms with Gasteiger partial charge in [0.2, 0.25) is 0 Å². The molecule has 3 N–H and O–H groups in total. The molecule has 2 unspecified atom stereocenters. The molecule has 1 aromatic rings. The lowest BCUT2D eigenvalue weighted by Gasteiger charge is -2.35. The van der Waals surface area contributed by atoms with Crippen molar-refractivity contribution in [3.63, 3.8) is 0 Å². The molecule has 1 aliphatic rings. The predicted octanol–water partition coefficient (Wildman–Crippen LogP) is 4.08. The Balaban J connectivity index is 2.38. The fourth-order valence-electron chi connectivity index (χ4n) is 3.28. The molecule has 0 fully saturated rings. The molecule has 2 atom stereocenters. The average molecular weight is 303 g/mol. The molecule has 4 heteroatoms. The van der Waals surface area contributed by atoms with Crippen molar-refractivity contribution in [1.82, 2.24) is 0 Å². The Morgan fingerprint density at radius 2 is 2.14 bits per heavy atom.